The fourth-order valence-corrected chi connectivity index (χ4v) is 5.42. The number of hydrogen-bond donors (Lipinski definition) is 0. The van der Waals surface area contributed by atoms with Gasteiger partial charge in [0.25, 0.3) is 11.8 Å². The Morgan fingerprint density at radius 2 is 1.39 bits per heavy atom. The van der Waals surface area contributed by atoms with E-state index in [0.29, 0.717) is 4.90 Å². The van der Waals surface area contributed by atoms with Gasteiger partial charge >= 0.3 is 18.0 Å². The standard InChI is InChI=1S/C26H15Br2F8N3O2/c1-38(22(40)14-6-3-2-4-7-14)19-9-5-8-16(20(19)29)23(41)39(11-10-37)21-17(27)12-15(13-18(21)28)24(30,25(31,32)33)26(34,35)36/h2-9,12-13H,11H2,1H3. The van der Waals surface area contributed by atoms with Gasteiger partial charge in [0.15, 0.2) is 5.82 Å². The molecule has 0 N–H and O–H groups in total. The van der Waals surface area contributed by atoms with Crippen molar-refractivity contribution in [1.29, 1.82) is 5.26 Å². The number of alkyl halides is 7. The highest BCUT2D eigenvalue weighted by molar-refractivity contribution is 9.11. The molecule has 0 aliphatic rings. The van der Waals surface area contributed by atoms with Gasteiger partial charge in [-0.25, -0.2) is 8.78 Å². The van der Waals surface area contributed by atoms with E-state index in [4.69, 9.17) is 0 Å². The molecule has 0 aliphatic carbocycles. The molecule has 0 aromatic heterocycles. The van der Waals surface area contributed by atoms with Gasteiger partial charge in [-0.15, -0.1) is 0 Å². The molecule has 0 saturated heterocycles. The first kappa shape index (κ1) is 32.0. The van der Waals surface area contributed by atoms with Gasteiger partial charge in [-0.05, 0) is 68.3 Å². The molecule has 216 valence electrons. The molecule has 0 unspecified atom stereocenters. The number of benzene rings is 3. The van der Waals surface area contributed by atoms with E-state index in [1.807, 2.05) is 0 Å². The molecule has 2 amide bonds. The van der Waals surface area contributed by atoms with Crippen LogP contribution in [0.1, 0.15) is 26.3 Å². The number of nitriles is 1. The summed E-state index contributed by atoms with van der Waals surface area (Å²) in [5.74, 6) is -3.07. The second-order valence-corrected chi connectivity index (χ2v) is 10.1. The Balaban J connectivity index is 2.11. The van der Waals surface area contributed by atoms with Gasteiger partial charge in [-0.1, -0.05) is 24.3 Å². The van der Waals surface area contributed by atoms with E-state index in [0.717, 1.165) is 11.0 Å². The molecular weight excluding hydrogens is 698 g/mol. The SMILES string of the molecule is CN(C(=O)c1ccccc1)c1cccc(C(=O)N(CC#N)c2c(Br)cc(C(F)(C(F)(F)F)C(F)(F)F)cc2Br)c1F. The summed E-state index contributed by atoms with van der Waals surface area (Å²) in [7, 11) is 1.24. The predicted molar refractivity (Wildman–Crippen MR) is 140 cm³/mol. The third-order valence-electron chi connectivity index (χ3n) is 5.84. The third kappa shape index (κ3) is 5.94. The van der Waals surface area contributed by atoms with Crippen molar-refractivity contribution in [2.24, 2.45) is 0 Å². The van der Waals surface area contributed by atoms with Crippen LogP contribution < -0.4 is 9.80 Å². The molecule has 5 nitrogen and oxygen atoms in total. The van der Waals surface area contributed by atoms with Crippen molar-refractivity contribution in [2.75, 3.05) is 23.4 Å². The van der Waals surface area contributed by atoms with E-state index >= 15 is 4.39 Å². The van der Waals surface area contributed by atoms with E-state index in [1.54, 1.807) is 24.3 Å². The Kier molecular flexibility index (Phi) is 9.19. The van der Waals surface area contributed by atoms with Gasteiger partial charge in [0.1, 0.15) is 6.54 Å². The van der Waals surface area contributed by atoms with Crippen LogP contribution in [0.2, 0.25) is 0 Å². The summed E-state index contributed by atoms with van der Waals surface area (Å²) in [4.78, 5) is 27.7. The van der Waals surface area contributed by atoms with Crippen molar-refractivity contribution in [3.8, 4) is 6.07 Å². The molecule has 15 heteroatoms. The van der Waals surface area contributed by atoms with Gasteiger partial charge in [0.2, 0.25) is 0 Å². The zero-order valence-electron chi connectivity index (χ0n) is 20.4. The van der Waals surface area contributed by atoms with Crippen molar-refractivity contribution in [2.45, 2.75) is 18.0 Å². The van der Waals surface area contributed by atoms with Crippen LogP contribution in [0.3, 0.4) is 0 Å². The summed E-state index contributed by atoms with van der Waals surface area (Å²) >= 11 is 5.51. The highest BCUT2D eigenvalue weighted by Gasteiger charge is 2.73. The number of carbonyl (C=O) groups is 2. The lowest BCUT2D eigenvalue weighted by atomic mass is 9.94. The molecule has 0 fully saturated rings. The molecular formula is C26H15Br2F8N3O2. The number of nitrogens with zero attached hydrogens (tertiary/aromatic N) is 3. The highest BCUT2D eigenvalue weighted by Crippen LogP contribution is 2.55. The lowest BCUT2D eigenvalue weighted by Gasteiger charge is -2.31. The Bertz CT molecular complexity index is 1480. The summed E-state index contributed by atoms with van der Waals surface area (Å²) in [6, 6.07) is 13.1. The van der Waals surface area contributed by atoms with Crippen molar-refractivity contribution < 1.29 is 44.7 Å². The van der Waals surface area contributed by atoms with Gasteiger partial charge < -0.3 is 4.90 Å². The minimum atomic E-state index is -6.40. The molecule has 0 bridgehead atoms. The second-order valence-electron chi connectivity index (χ2n) is 8.36. The first-order valence-corrected chi connectivity index (χ1v) is 12.7. The van der Waals surface area contributed by atoms with E-state index in [9.17, 15) is 45.6 Å². The Hall–Kier alpha value is -3.51. The average molecular weight is 713 g/mol. The molecule has 41 heavy (non-hydrogen) atoms. The molecule has 0 heterocycles. The molecule has 3 aromatic carbocycles. The molecule has 0 spiro atoms. The number of carbonyl (C=O) groups excluding carboxylic acids is 2. The van der Waals surface area contributed by atoms with Gasteiger partial charge in [0, 0.05) is 27.1 Å². The van der Waals surface area contributed by atoms with E-state index in [-0.39, 0.29) is 23.4 Å². The van der Waals surface area contributed by atoms with Gasteiger partial charge in [-0.3, -0.25) is 14.5 Å². The lowest BCUT2D eigenvalue weighted by Crippen LogP contribution is -2.50. The summed E-state index contributed by atoms with van der Waals surface area (Å²) in [5.41, 5.74) is -8.94. The maximum absolute atomic E-state index is 15.6. The van der Waals surface area contributed by atoms with Gasteiger partial charge in [-0.2, -0.15) is 31.6 Å². The molecule has 0 saturated carbocycles. The summed E-state index contributed by atoms with van der Waals surface area (Å²) in [5, 5.41) is 9.31. The van der Waals surface area contributed by atoms with E-state index in [1.165, 1.54) is 31.3 Å². The van der Waals surface area contributed by atoms with Crippen LogP contribution in [0.25, 0.3) is 0 Å². The summed E-state index contributed by atoms with van der Waals surface area (Å²) in [6.45, 7) is -0.850. The van der Waals surface area contributed by atoms with Gasteiger partial charge in [0.05, 0.1) is 23.0 Å². The van der Waals surface area contributed by atoms with Crippen molar-refractivity contribution >= 4 is 55.0 Å². The van der Waals surface area contributed by atoms with Crippen LogP contribution in [0.15, 0.2) is 69.6 Å². The Morgan fingerprint density at radius 1 is 0.854 bits per heavy atom. The summed E-state index contributed by atoms with van der Waals surface area (Å²) in [6.07, 6.45) is -12.8. The maximum Gasteiger partial charge on any atom is 0.435 e. The number of anilines is 2. The fraction of sp³-hybridized carbons (Fsp3) is 0.192. The predicted octanol–water partition coefficient (Wildman–Crippen LogP) is 8.09. The number of amides is 2. The maximum atomic E-state index is 15.6. The first-order valence-electron chi connectivity index (χ1n) is 11.1. The summed E-state index contributed by atoms with van der Waals surface area (Å²) < 4.78 is 109. The lowest BCUT2D eigenvalue weighted by molar-refractivity contribution is -0.348. The Morgan fingerprint density at radius 3 is 1.88 bits per heavy atom. The molecule has 0 atom stereocenters. The van der Waals surface area contributed by atoms with Crippen molar-refractivity contribution in [3.63, 3.8) is 0 Å². The first-order chi connectivity index (χ1) is 19.0. The topological polar surface area (TPSA) is 64.4 Å². The average Bonchev–Trinajstić information content (AvgIpc) is 2.89. The minimum absolute atomic E-state index is 0.164. The van der Waals surface area contributed by atoms with Crippen LogP contribution in [0, 0.1) is 17.1 Å². The number of hydrogen-bond acceptors (Lipinski definition) is 3. The quantitative estimate of drug-likeness (QED) is 0.192. The van der Waals surface area contributed by atoms with E-state index < -0.39 is 68.0 Å². The fourth-order valence-electron chi connectivity index (χ4n) is 3.81. The Labute approximate surface area is 244 Å². The van der Waals surface area contributed by atoms with E-state index in [2.05, 4.69) is 31.9 Å². The molecule has 3 aromatic rings. The van der Waals surface area contributed by atoms with Crippen LogP contribution in [-0.4, -0.2) is 37.8 Å². The van der Waals surface area contributed by atoms with Crippen LogP contribution in [0.4, 0.5) is 46.5 Å². The monoisotopic (exact) mass is 711 g/mol. The zero-order chi connectivity index (χ0) is 30.9. The van der Waals surface area contributed by atoms with Crippen molar-refractivity contribution in [1.82, 2.24) is 0 Å². The zero-order valence-corrected chi connectivity index (χ0v) is 23.6. The van der Waals surface area contributed by atoms with Crippen LogP contribution in [-0.2, 0) is 5.67 Å². The smallest absolute Gasteiger partial charge is 0.309 e. The normalized spacial score (nSPS) is 12.0. The van der Waals surface area contributed by atoms with Crippen molar-refractivity contribution in [3.05, 3.63) is 92.1 Å². The highest BCUT2D eigenvalue weighted by atomic mass is 79.9. The second kappa shape index (κ2) is 11.8. The molecule has 0 aliphatic heterocycles. The molecule has 0 radical (unpaired) electrons. The largest absolute Gasteiger partial charge is 0.435 e. The molecule has 3 rings (SSSR count). The van der Waals surface area contributed by atoms with Crippen LogP contribution in [0.5, 0.6) is 0 Å². The minimum Gasteiger partial charge on any atom is -0.309 e. The number of rotatable bonds is 6. The third-order valence-corrected chi connectivity index (χ3v) is 7.04. The number of halogens is 10. The van der Waals surface area contributed by atoms with Crippen LogP contribution >= 0.6 is 31.9 Å².